The van der Waals surface area contributed by atoms with Crippen LogP contribution in [0.1, 0.15) is 32.1 Å². The van der Waals surface area contributed by atoms with E-state index in [0.717, 1.165) is 0 Å². The maximum atomic E-state index is 4.53. The number of amidine groups is 1. The number of anilines is 1. The number of hydrogen-bond acceptors (Lipinski definition) is 1. The van der Waals surface area contributed by atoms with Gasteiger partial charge in [0.25, 0.3) is 0 Å². The molecular weight excluding hydrogens is 208 g/mol. The Morgan fingerprint density at radius 2 is 1.76 bits per heavy atom. The molecule has 2 heteroatoms. The van der Waals surface area contributed by atoms with Gasteiger partial charge in [0.15, 0.2) is 0 Å². The number of para-hydroxylation sites is 1. The van der Waals surface area contributed by atoms with Crippen molar-refractivity contribution in [2.75, 3.05) is 19.0 Å². The summed E-state index contributed by atoms with van der Waals surface area (Å²) in [6, 6.07) is 10.5. The van der Waals surface area contributed by atoms with Gasteiger partial charge in [-0.25, -0.2) is 0 Å². The van der Waals surface area contributed by atoms with Gasteiger partial charge in [-0.3, -0.25) is 4.99 Å². The first-order valence-corrected chi connectivity index (χ1v) is 6.58. The van der Waals surface area contributed by atoms with E-state index < -0.39 is 0 Å². The van der Waals surface area contributed by atoms with Crippen LogP contribution in [-0.4, -0.2) is 19.9 Å². The Bertz CT molecular complexity index is 364. The minimum absolute atomic E-state index is 0.652. The average Bonchev–Trinajstić information content (AvgIpc) is 2.42. The van der Waals surface area contributed by atoms with E-state index in [1.807, 2.05) is 7.05 Å². The Balaban J connectivity index is 2.13. The number of hydrogen-bond donors (Lipinski definition) is 0. The van der Waals surface area contributed by atoms with Crippen molar-refractivity contribution < 1.29 is 0 Å². The third-order valence-corrected chi connectivity index (χ3v) is 3.69. The fourth-order valence-electron chi connectivity index (χ4n) is 2.75. The molecule has 0 aliphatic heterocycles. The van der Waals surface area contributed by atoms with Crippen LogP contribution in [0.2, 0.25) is 0 Å². The molecule has 2 rings (SSSR count). The molecular formula is C15H22N2. The summed E-state index contributed by atoms with van der Waals surface area (Å²) in [6.07, 6.45) is 6.69. The highest BCUT2D eigenvalue weighted by Gasteiger charge is 2.22. The van der Waals surface area contributed by atoms with Gasteiger partial charge in [-0.1, -0.05) is 37.5 Å². The van der Waals surface area contributed by atoms with Gasteiger partial charge in [0.05, 0.1) is 0 Å². The molecule has 0 saturated heterocycles. The third kappa shape index (κ3) is 2.87. The van der Waals surface area contributed by atoms with Gasteiger partial charge >= 0.3 is 0 Å². The fraction of sp³-hybridized carbons (Fsp3) is 0.533. The molecule has 0 radical (unpaired) electrons. The summed E-state index contributed by atoms with van der Waals surface area (Å²) in [7, 11) is 4.05. The van der Waals surface area contributed by atoms with Crippen LogP contribution in [0.15, 0.2) is 35.3 Å². The molecule has 1 aromatic rings. The highest BCUT2D eigenvalue weighted by Crippen LogP contribution is 2.27. The molecule has 1 aliphatic carbocycles. The van der Waals surface area contributed by atoms with Crippen LogP contribution in [0.5, 0.6) is 0 Å². The molecule has 1 saturated carbocycles. The molecule has 0 spiro atoms. The number of aliphatic imine (C=N–C) groups is 1. The zero-order valence-corrected chi connectivity index (χ0v) is 10.9. The van der Waals surface area contributed by atoms with Crippen LogP contribution in [0, 0.1) is 5.92 Å². The summed E-state index contributed by atoms with van der Waals surface area (Å²) >= 11 is 0. The Morgan fingerprint density at radius 1 is 1.12 bits per heavy atom. The Kier molecular flexibility index (Phi) is 4.18. The summed E-state index contributed by atoms with van der Waals surface area (Å²) in [6.45, 7) is 0. The van der Waals surface area contributed by atoms with Crippen molar-refractivity contribution in [2.45, 2.75) is 32.1 Å². The molecule has 2 nitrogen and oxygen atoms in total. The van der Waals surface area contributed by atoms with Crippen molar-refractivity contribution in [1.29, 1.82) is 0 Å². The molecule has 0 N–H and O–H groups in total. The topological polar surface area (TPSA) is 15.6 Å². The van der Waals surface area contributed by atoms with E-state index in [1.165, 1.54) is 43.6 Å². The number of benzene rings is 1. The van der Waals surface area contributed by atoms with E-state index in [9.17, 15) is 0 Å². The molecule has 1 fully saturated rings. The molecule has 0 aromatic heterocycles. The van der Waals surface area contributed by atoms with Gasteiger partial charge in [0.1, 0.15) is 5.84 Å². The first-order valence-electron chi connectivity index (χ1n) is 6.58. The van der Waals surface area contributed by atoms with E-state index in [4.69, 9.17) is 0 Å². The predicted octanol–water partition coefficient (Wildman–Crippen LogP) is 3.73. The molecule has 1 aliphatic rings. The molecule has 0 unspecified atom stereocenters. The van der Waals surface area contributed by atoms with Crippen LogP contribution < -0.4 is 4.90 Å². The molecule has 0 amide bonds. The molecule has 1 aromatic carbocycles. The fourth-order valence-corrected chi connectivity index (χ4v) is 2.75. The highest BCUT2D eigenvalue weighted by atomic mass is 15.2. The summed E-state index contributed by atoms with van der Waals surface area (Å²) in [5, 5.41) is 0. The van der Waals surface area contributed by atoms with E-state index in [1.54, 1.807) is 0 Å². The van der Waals surface area contributed by atoms with Crippen molar-refractivity contribution in [3.8, 4) is 0 Å². The normalized spacial score (nSPS) is 18.1. The third-order valence-electron chi connectivity index (χ3n) is 3.69. The lowest BCUT2D eigenvalue weighted by atomic mass is 9.88. The quantitative estimate of drug-likeness (QED) is 0.558. The van der Waals surface area contributed by atoms with Gasteiger partial charge in [-0.05, 0) is 25.0 Å². The predicted molar refractivity (Wildman–Crippen MR) is 74.8 cm³/mol. The lowest BCUT2D eigenvalue weighted by molar-refractivity contribution is 0.436. The van der Waals surface area contributed by atoms with Crippen LogP contribution in [0.25, 0.3) is 0 Å². The zero-order chi connectivity index (χ0) is 12.1. The van der Waals surface area contributed by atoms with Gasteiger partial charge in [-0.2, -0.15) is 0 Å². The second kappa shape index (κ2) is 5.85. The van der Waals surface area contributed by atoms with E-state index in [0.29, 0.717) is 5.92 Å². The standard InChI is InChI=1S/C15H22N2/c1-16-15(13-9-5-3-6-10-13)17(2)14-11-7-4-8-12-14/h4,7-8,11-13H,3,5-6,9-10H2,1-2H3. The Morgan fingerprint density at radius 3 is 2.35 bits per heavy atom. The minimum atomic E-state index is 0.652. The highest BCUT2D eigenvalue weighted by molar-refractivity contribution is 5.98. The van der Waals surface area contributed by atoms with Crippen molar-refractivity contribution in [3.63, 3.8) is 0 Å². The number of rotatable bonds is 2. The summed E-state index contributed by atoms with van der Waals surface area (Å²) in [5.74, 6) is 1.90. The van der Waals surface area contributed by atoms with Crippen LogP contribution in [0.4, 0.5) is 5.69 Å². The van der Waals surface area contributed by atoms with Crippen LogP contribution >= 0.6 is 0 Å². The van der Waals surface area contributed by atoms with E-state index >= 15 is 0 Å². The van der Waals surface area contributed by atoms with Gasteiger partial charge in [0.2, 0.25) is 0 Å². The van der Waals surface area contributed by atoms with Gasteiger partial charge in [-0.15, -0.1) is 0 Å². The van der Waals surface area contributed by atoms with E-state index in [2.05, 4.69) is 47.3 Å². The SMILES string of the molecule is CN=C(C1CCCCC1)N(C)c1ccccc1. The molecule has 92 valence electrons. The maximum absolute atomic E-state index is 4.53. The second-order valence-corrected chi connectivity index (χ2v) is 4.81. The summed E-state index contributed by atoms with van der Waals surface area (Å²) in [5.41, 5.74) is 1.23. The van der Waals surface area contributed by atoms with E-state index in [-0.39, 0.29) is 0 Å². The monoisotopic (exact) mass is 230 g/mol. The second-order valence-electron chi connectivity index (χ2n) is 4.81. The molecule has 17 heavy (non-hydrogen) atoms. The minimum Gasteiger partial charge on any atom is -0.333 e. The summed E-state index contributed by atoms with van der Waals surface area (Å²) in [4.78, 5) is 6.78. The number of nitrogens with zero attached hydrogens (tertiary/aromatic N) is 2. The molecule has 0 bridgehead atoms. The Hall–Kier alpha value is -1.31. The lowest BCUT2D eigenvalue weighted by Crippen LogP contribution is -2.34. The Labute approximate surface area is 104 Å². The zero-order valence-electron chi connectivity index (χ0n) is 10.9. The smallest absolute Gasteiger partial charge is 0.106 e. The maximum Gasteiger partial charge on any atom is 0.106 e. The van der Waals surface area contributed by atoms with Crippen LogP contribution in [0.3, 0.4) is 0 Å². The first kappa shape index (κ1) is 12.2. The first-order chi connectivity index (χ1) is 8.33. The van der Waals surface area contributed by atoms with Crippen LogP contribution in [-0.2, 0) is 0 Å². The van der Waals surface area contributed by atoms with Crippen molar-refractivity contribution in [1.82, 2.24) is 0 Å². The van der Waals surface area contributed by atoms with Crippen molar-refractivity contribution in [3.05, 3.63) is 30.3 Å². The van der Waals surface area contributed by atoms with Crippen molar-refractivity contribution in [2.24, 2.45) is 10.9 Å². The van der Waals surface area contributed by atoms with Crippen molar-refractivity contribution >= 4 is 11.5 Å². The average molecular weight is 230 g/mol. The van der Waals surface area contributed by atoms with Gasteiger partial charge in [0, 0.05) is 25.7 Å². The lowest BCUT2D eigenvalue weighted by Gasteiger charge is -2.30. The largest absolute Gasteiger partial charge is 0.333 e. The molecule has 0 atom stereocenters. The summed E-state index contributed by atoms with van der Waals surface area (Å²) < 4.78 is 0. The molecule has 0 heterocycles. The van der Waals surface area contributed by atoms with Gasteiger partial charge < -0.3 is 4.90 Å².